The van der Waals surface area contributed by atoms with Gasteiger partial charge in [-0.05, 0) is 41.1 Å². The van der Waals surface area contributed by atoms with Gasteiger partial charge in [0.2, 0.25) is 5.95 Å². The van der Waals surface area contributed by atoms with Crippen LogP contribution in [0.25, 0.3) is 0 Å². The Balaban J connectivity index is 2.23. The lowest BCUT2D eigenvalue weighted by Crippen LogP contribution is -2.40. The molecular formula is C13H21BrN4. The van der Waals surface area contributed by atoms with E-state index < -0.39 is 0 Å². The number of anilines is 2. The minimum absolute atomic E-state index is 0.362. The Morgan fingerprint density at radius 3 is 2.94 bits per heavy atom. The molecule has 0 aliphatic carbocycles. The van der Waals surface area contributed by atoms with Crippen molar-refractivity contribution in [2.24, 2.45) is 5.41 Å². The van der Waals surface area contributed by atoms with Gasteiger partial charge in [0.1, 0.15) is 5.82 Å². The standard InChI is InChI=1S/C13H21BrN4/c1-4-15-12-16-8-10(14)11(17-12)18-7-5-6-13(2,3)9-18/h8H,4-7,9H2,1-3H3,(H,15,16,17). The third-order valence-corrected chi connectivity index (χ3v) is 3.82. The maximum absolute atomic E-state index is 4.61. The fourth-order valence-corrected chi connectivity index (χ4v) is 2.87. The quantitative estimate of drug-likeness (QED) is 0.929. The lowest BCUT2D eigenvalue weighted by molar-refractivity contribution is 0.292. The van der Waals surface area contributed by atoms with Gasteiger partial charge in [0.05, 0.1) is 4.47 Å². The molecular weight excluding hydrogens is 292 g/mol. The maximum atomic E-state index is 4.61. The number of hydrogen-bond donors (Lipinski definition) is 1. The summed E-state index contributed by atoms with van der Waals surface area (Å²) in [4.78, 5) is 11.2. The Kier molecular flexibility index (Phi) is 4.10. The van der Waals surface area contributed by atoms with E-state index in [1.54, 1.807) is 0 Å². The average Bonchev–Trinajstić information content (AvgIpc) is 2.30. The highest BCUT2D eigenvalue weighted by molar-refractivity contribution is 9.10. The second-order valence-corrected chi connectivity index (χ2v) is 6.44. The van der Waals surface area contributed by atoms with E-state index in [9.17, 15) is 0 Å². The number of aromatic nitrogens is 2. The predicted octanol–water partition coefficient (Wildman–Crippen LogP) is 3.30. The fraction of sp³-hybridized carbons (Fsp3) is 0.692. The molecule has 1 N–H and O–H groups in total. The fourth-order valence-electron chi connectivity index (χ4n) is 2.43. The number of nitrogens with one attached hydrogen (secondary N) is 1. The van der Waals surface area contributed by atoms with Crippen molar-refractivity contribution in [3.8, 4) is 0 Å². The molecule has 1 aromatic rings. The zero-order valence-corrected chi connectivity index (χ0v) is 12.9. The zero-order valence-electron chi connectivity index (χ0n) is 11.3. The van der Waals surface area contributed by atoms with Gasteiger partial charge in [-0.3, -0.25) is 0 Å². The van der Waals surface area contributed by atoms with Crippen molar-refractivity contribution in [1.82, 2.24) is 9.97 Å². The molecule has 2 heterocycles. The van der Waals surface area contributed by atoms with Gasteiger partial charge in [-0.2, -0.15) is 4.98 Å². The molecule has 0 unspecified atom stereocenters. The molecule has 0 aromatic carbocycles. The summed E-state index contributed by atoms with van der Waals surface area (Å²) in [6.07, 6.45) is 4.34. The molecule has 18 heavy (non-hydrogen) atoms. The highest BCUT2D eigenvalue weighted by atomic mass is 79.9. The summed E-state index contributed by atoms with van der Waals surface area (Å²) in [5.41, 5.74) is 0.362. The summed E-state index contributed by atoms with van der Waals surface area (Å²) in [6, 6.07) is 0. The number of piperidine rings is 1. The summed E-state index contributed by atoms with van der Waals surface area (Å²) in [6.45, 7) is 9.65. The van der Waals surface area contributed by atoms with Crippen LogP contribution in [0.3, 0.4) is 0 Å². The first-order chi connectivity index (χ1) is 8.52. The first kappa shape index (κ1) is 13.6. The van der Waals surface area contributed by atoms with Gasteiger partial charge in [-0.1, -0.05) is 13.8 Å². The lowest BCUT2D eigenvalue weighted by atomic mass is 9.84. The smallest absolute Gasteiger partial charge is 0.224 e. The van der Waals surface area contributed by atoms with Gasteiger partial charge in [0, 0.05) is 25.8 Å². The summed E-state index contributed by atoms with van der Waals surface area (Å²) in [5.74, 6) is 1.72. The van der Waals surface area contributed by atoms with E-state index in [2.05, 4.69) is 56.9 Å². The molecule has 1 aliphatic rings. The van der Waals surface area contributed by atoms with Gasteiger partial charge in [0.25, 0.3) is 0 Å². The van der Waals surface area contributed by atoms with Crippen LogP contribution >= 0.6 is 15.9 Å². The van der Waals surface area contributed by atoms with Gasteiger partial charge in [0.15, 0.2) is 0 Å². The van der Waals surface area contributed by atoms with Crippen LogP contribution in [0.5, 0.6) is 0 Å². The van der Waals surface area contributed by atoms with Crippen molar-refractivity contribution in [1.29, 1.82) is 0 Å². The minimum atomic E-state index is 0.362. The van der Waals surface area contributed by atoms with Crippen molar-refractivity contribution in [3.63, 3.8) is 0 Å². The van der Waals surface area contributed by atoms with E-state index >= 15 is 0 Å². The van der Waals surface area contributed by atoms with Gasteiger partial charge < -0.3 is 10.2 Å². The van der Waals surface area contributed by atoms with Gasteiger partial charge in [-0.15, -0.1) is 0 Å². The Hall–Kier alpha value is -0.840. The van der Waals surface area contributed by atoms with Crippen LogP contribution < -0.4 is 10.2 Å². The largest absolute Gasteiger partial charge is 0.355 e. The minimum Gasteiger partial charge on any atom is -0.355 e. The molecule has 1 aromatic heterocycles. The Morgan fingerprint density at radius 2 is 2.28 bits per heavy atom. The SMILES string of the molecule is CCNc1ncc(Br)c(N2CCCC(C)(C)C2)n1. The lowest BCUT2D eigenvalue weighted by Gasteiger charge is -2.39. The summed E-state index contributed by atoms with van der Waals surface area (Å²) in [5, 5.41) is 3.17. The van der Waals surface area contributed by atoms with E-state index in [1.165, 1.54) is 12.8 Å². The molecule has 0 spiro atoms. The number of rotatable bonds is 3. The van der Waals surface area contributed by atoms with Crippen molar-refractivity contribution in [2.75, 3.05) is 29.9 Å². The van der Waals surface area contributed by atoms with Crippen molar-refractivity contribution < 1.29 is 0 Å². The Bertz CT molecular complexity index is 419. The monoisotopic (exact) mass is 312 g/mol. The van der Waals surface area contributed by atoms with Crippen molar-refractivity contribution in [3.05, 3.63) is 10.7 Å². The van der Waals surface area contributed by atoms with Gasteiger partial charge >= 0.3 is 0 Å². The molecule has 0 amide bonds. The van der Waals surface area contributed by atoms with Crippen LogP contribution in [0.15, 0.2) is 10.7 Å². The number of nitrogens with zero attached hydrogens (tertiary/aromatic N) is 3. The molecule has 5 heteroatoms. The van der Waals surface area contributed by atoms with Crippen LogP contribution in [0.4, 0.5) is 11.8 Å². The van der Waals surface area contributed by atoms with Crippen LogP contribution in [-0.4, -0.2) is 29.6 Å². The highest BCUT2D eigenvalue weighted by Crippen LogP contribution is 2.33. The zero-order chi connectivity index (χ0) is 13.2. The topological polar surface area (TPSA) is 41.1 Å². The summed E-state index contributed by atoms with van der Waals surface area (Å²) < 4.78 is 0.974. The maximum Gasteiger partial charge on any atom is 0.224 e. The molecule has 0 radical (unpaired) electrons. The number of halogens is 1. The van der Waals surface area contributed by atoms with Crippen LogP contribution in [0, 0.1) is 5.41 Å². The molecule has 100 valence electrons. The molecule has 1 saturated heterocycles. The van der Waals surface area contributed by atoms with Gasteiger partial charge in [-0.25, -0.2) is 4.98 Å². The third kappa shape index (κ3) is 3.13. The van der Waals surface area contributed by atoms with Crippen LogP contribution in [-0.2, 0) is 0 Å². The van der Waals surface area contributed by atoms with E-state index in [0.717, 1.165) is 29.9 Å². The van der Waals surface area contributed by atoms with E-state index in [1.807, 2.05) is 6.20 Å². The normalized spacial score (nSPS) is 18.8. The second kappa shape index (κ2) is 5.43. The van der Waals surface area contributed by atoms with Crippen LogP contribution in [0.1, 0.15) is 33.6 Å². The highest BCUT2D eigenvalue weighted by Gasteiger charge is 2.28. The molecule has 1 aliphatic heterocycles. The third-order valence-electron chi connectivity index (χ3n) is 3.26. The van der Waals surface area contributed by atoms with Crippen LogP contribution in [0.2, 0.25) is 0 Å². The van der Waals surface area contributed by atoms with E-state index in [4.69, 9.17) is 0 Å². The average molecular weight is 313 g/mol. The number of hydrogen-bond acceptors (Lipinski definition) is 4. The molecule has 2 rings (SSSR count). The summed E-state index contributed by atoms with van der Waals surface area (Å²) in [7, 11) is 0. The molecule has 0 bridgehead atoms. The first-order valence-electron chi connectivity index (χ1n) is 6.53. The predicted molar refractivity (Wildman–Crippen MR) is 79.1 cm³/mol. The Labute approximate surface area is 117 Å². The molecule has 4 nitrogen and oxygen atoms in total. The van der Waals surface area contributed by atoms with Crippen molar-refractivity contribution >= 4 is 27.7 Å². The summed E-state index contributed by atoms with van der Waals surface area (Å²) >= 11 is 3.56. The van der Waals surface area contributed by atoms with E-state index in [-0.39, 0.29) is 0 Å². The molecule has 0 saturated carbocycles. The molecule has 1 fully saturated rings. The Morgan fingerprint density at radius 1 is 1.50 bits per heavy atom. The van der Waals surface area contributed by atoms with E-state index in [0.29, 0.717) is 11.4 Å². The first-order valence-corrected chi connectivity index (χ1v) is 7.32. The second-order valence-electron chi connectivity index (χ2n) is 5.58. The molecule has 0 atom stereocenters. The van der Waals surface area contributed by atoms with Crippen molar-refractivity contribution in [2.45, 2.75) is 33.6 Å².